The number of ether oxygens (including phenoxy) is 2. The molecule has 6 nitrogen and oxygen atoms in total. The van der Waals surface area contributed by atoms with Crippen LogP contribution >= 0.6 is 36.6 Å². The SMILES string of the molecule is COc1ccc(Oc2cc(CNC(=O)CC3CSCCN3)ccn2)cc1.Cl.Cl. The zero-order chi connectivity index (χ0) is 18.2. The number of carbonyl (C=O) groups excluding carboxylic acids is 1. The Labute approximate surface area is 182 Å². The smallest absolute Gasteiger partial charge is 0.221 e. The van der Waals surface area contributed by atoms with Crippen molar-refractivity contribution < 1.29 is 14.3 Å². The van der Waals surface area contributed by atoms with Gasteiger partial charge in [0.25, 0.3) is 0 Å². The van der Waals surface area contributed by atoms with E-state index in [-0.39, 0.29) is 36.8 Å². The first-order chi connectivity index (χ1) is 12.7. The van der Waals surface area contributed by atoms with Crippen molar-refractivity contribution in [1.29, 1.82) is 0 Å². The summed E-state index contributed by atoms with van der Waals surface area (Å²) in [6.45, 7) is 1.43. The van der Waals surface area contributed by atoms with Crippen molar-refractivity contribution in [3.05, 3.63) is 48.2 Å². The fourth-order valence-corrected chi connectivity index (χ4v) is 3.58. The highest BCUT2D eigenvalue weighted by atomic mass is 35.5. The fourth-order valence-electron chi connectivity index (χ4n) is 2.63. The average molecular weight is 446 g/mol. The van der Waals surface area contributed by atoms with Gasteiger partial charge in [0.05, 0.1) is 7.11 Å². The predicted molar refractivity (Wildman–Crippen MR) is 117 cm³/mol. The molecule has 0 radical (unpaired) electrons. The third kappa shape index (κ3) is 7.75. The minimum atomic E-state index is 0. The molecule has 0 bridgehead atoms. The van der Waals surface area contributed by atoms with E-state index in [9.17, 15) is 4.79 Å². The van der Waals surface area contributed by atoms with Gasteiger partial charge in [0.2, 0.25) is 11.8 Å². The molecule has 2 N–H and O–H groups in total. The van der Waals surface area contributed by atoms with E-state index < -0.39 is 0 Å². The molecule has 1 unspecified atom stereocenters. The summed E-state index contributed by atoms with van der Waals surface area (Å²) in [5.74, 6) is 4.11. The summed E-state index contributed by atoms with van der Waals surface area (Å²) in [5, 5.41) is 6.34. The fraction of sp³-hybridized carbons (Fsp3) is 0.368. The van der Waals surface area contributed by atoms with E-state index in [1.165, 1.54) is 0 Å². The molecule has 1 saturated heterocycles. The van der Waals surface area contributed by atoms with Crippen LogP contribution in [0.5, 0.6) is 17.4 Å². The van der Waals surface area contributed by atoms with Crippen LogP contribution in [0.1, 0.15) is 12.0 Å². The first-order valence-corrected chi connectivity index (χ1v) is 9.73. The second-order valence-electron chi connectivity index (χ2n) is 5.99. The van der Waals surface area contributed by atoms with Crippen molar-refractivity contribution >= 4 is 42.5 Å². The number of hydrogen-bond acceptors (Lipinski definition) is 6. The van der Waals surface area contributed by atoms with Crippen LogP contribution in [0.2, 0.25) is 0 Å². The number of amides is 1. The molecule has 1 aromatic carbocycles. The van der Waals surface area contributed by atoms with Gasteiger partial charge >= 0.3 is 0 Å². The number of rotatable bonds is 7. The second kappa shape index (κ2) is 12.7. The average Bonchev–Trinajstić information content (AvgIpc) is 2.68. The van der Waals surface area contributed by atoms with Gasteiger partial charge in [-0.2, -0.15) is 11.8 Å². The number of aromatic nitrogens is 1. The topological polar surface area (TPSA) is 72.5 Å². The third-order valence-corrected chi connectivity index (χ3v) is 5.13. The molecule has 1 atom stereocenters. The van der Waals surface area contributed by atoms with Gasteiger partial charge in [-0.25, -0.2) is 4.98 Å². The van der Waals surface area contributed by atoms with Crippen LogP contribution in [0.25, 0.3) is 0 Å². The molecule has 1 aliphatic heterocycles. The number of methoxy groups -OCH3 is 1. The lowest BCUT2D eigenvalue weighted by atomic mass is 10.2. The molecule has 0 aliphatic carbocycles. The van der Waals surface area contributed by atoms with Gasteiger partial charge in [-0.3, -0.25) is 4.79 Å². The summed E-state index contributed by atoms with van der Waals surface area (Å²) in [7, 11) is 1.62. The lowest BCUT2D eigenvalue weighted by Crippen LogP contribution is -2.41. The monoisotopic (exact) mass is 445 g/mol. The predicted octanol–water partition coefficient (Wildman–Crippen LogP) is 3.44. The van der Waals surface area contributed by atoms with Crippen LogP contribution in [-0.4, -0.2) is 42.1 Å². The van der Waals surface area contributed by atoms with Crippen molar-refractivity contribution in [2.45, 2.75) is 19.0 Å². The molecule has 28 heavy (non-hydrogen) atoms. The molecule has 0 spiro atoms. The molecule has 3 rings (SSSR count). The minimum absolute atomic E-state index is 0. The van der Waals surface area contributed by atoms with E-state index in [1.807, 2.05) is 48.2 Å². The molecule has 2 heterocycles. The van der Waals surface area contributed by atoms with E-state index in [0.717, 1.165) is 29.4 Å². The molecular formula is C19H25Cl2N3O3S. The Morgan fingerprint density at radius 3 is 2.68 bits per heavy atom. The van der Waals surface area contributed by atoms with Gasteiger partial charge in [0, 0.05) is 49.3 Å². The number of pyridine rings is 1. The highest BCUT2D eigenvalue weighted by molar-refractivity contribution is 7.99. The first kappa shape index (κ1) is 24.4. The Bertz CT molecular complexity index is 729. The lowest BCUT2D eigenvalue weighted by molar-refractivity contribution is -0.121. The summed E-state index contributed by atoms with van der Waals surface area (Å²) in [6.07, 6.45) is 2.19. The van der Waals surface area contributed by atoms with Crippen molar-refractivity contribution in [2.75, 3.05) is 25.2 Å². The maximum absolute atomic E-state index is 12.1. The molecule has 1 aliphatic rings. The zero-order valence-corrected chi connectivity index (χ0v) is 18.0. The number of nitrogens with zero attached hydrogens (tertiary/aromatic N) is 1. The molecule has 1 fully saturated rings. The van der Waals surface area contributed by atoms with Gasteiger partial charge in [0.15, 0.2) is 0 Å². The normalized spacial score (nSPS) is 15.5. The quantitative estimate of drug-likeness (QED) is 0.679. The molecule has 0 saturated carbocycles. The van der Waals surface area contributed by atoms with Crippen LogP contribution in [0.4, 0.5) is 0 Å². The summed E-state index contributed by atoms with van der Waals surface area (Å²) in [4.78, 5) is 16.3. The Balaban J connectivity index is 0.00000196. The number of hydrogen-bond donors (Lipinski definition) is 2. The molecule has 1 aromatic heterocycles. The second-order valence-corrected chi connectivity index (χ2v) is 7.14. The van der Waals surface area contributed by atoms with Crippen molar-refractivity contribution in [3.63, 3.8) is 0 Å². The van der Waals surface area contributed by atoms with Crippen LogP contribution in [0.15, 0.2) is 42.6 Å². The summed E-state index contributed by atoms with van der Waals surface area (Å²) in [6, 6.07) is 11.3. The lowest BCUT2D eigenvalue weighted by Gasteiger charge is -2.22. The summed E-state index contributed by atoms with van der Waals surface area (Å²) >= 11 is 1.89. The van der Waals surface area contributed by atoms with E-state index in [2.05, 4.69) is 15.6 Å². The van der Waals surface area contributed by atoms with Gasteiger partial charge < -0.3 is 20.1 Å². The van der Waals surface area contributed by atoms with Crippen LogP contribution in [0.3, 0.4) is 0 Å². The molecule has 154 valence electrons. The van der Waals surface area contributed by atoms with Crippen molar-refractivity contribution in [2.24, 2.45) is 0 Å². The van der Waals surface area contributed by atoms with Gasteiger partial charge in [-0.15, -0.1) is 24.8 Å². The standard InChI is InChI=1S/C19H23N3O3S.2ClH/c1-24-16-2-4-17(5-3-16)25-19-10-14(6-7-21-19)12-22-18(23)11-15-13-26-9-8-20-15;;/h2-7,10,15,20H,8-9,11-13H2,1H3,(H,22,23);2*1H. The Hall–Kier alpha value is -1.67. The van der Waals surface area contributed by atoms with E-state index >= 15 is 0 Å². The maximum Gasteiger partial charge on any atom is 0.221 e. The zero-order valence-electron chi connectivity index (χ0n) is 15.6. The number of nitrogens with one attached hydrogen (secondary N) is 2. The number of carbonyl (C=O) groups is 1. The van der Waals surface area contributed by atoms with Crippen LogP contribution < -0.4 is 20.1 Å². The third-order valence-electron chi connectivity index (χ3n) is 4.00. The Kier molecular flexibility index (Phi) is 11.1. The van der Waals surface area contributed by atoms with Crippen molar-refractivity contribution in [1.82, 2.24) is 15.6 Å². The number of halogens is 2. The van der Waals surface area contributed by atoms with Gasteiger partial charge in [0.1, 0.15) is 11.5 Å². The molecule has 2 aromatic rings. The highest BCUT2D eigenvalue weighted by Gasteiger charge is 2.16. The molecular weight excluding hydrogens is 421 g/mol. The minimum Gasteiger partial charge on any atom is -0.497 e. The van der Waals surface area contributed by atoms with Crippen LogP contribution in [-0.2, 0) is 11.3 Å². The Morgan fingerprint density at radius 1 is 1.25 bits per heavy atom. The number of benzene rings is 1. The van der Waals surface area contributed by atoms with E-state index in [4.69, 9.17) is 9.47 Å². The number of thioether (sulfide) groups is 1. The maximum atomic E-state index is 12.1. The van der Waals surface area contributed by atoms with Gasteiger partial charge in [-0.05, 0) is 35.9 Å². The van der Waals surface area contributed by atoms with E-state index in [1.54, 1.807) is 13.3 Å². The summed E-state index contributed by atoms with van der Waals surface area (Å²) in [5.41, 5.74) is 0.947. The summed E-state index contributed by atoms with van der Waals surface area (Å²) < 4.78 is 10.9. The molecule has 9 heteroatoms. The highest BCUT2D eigenvalue weighted by Crippen LogP contribution is 2.22. The Morgan fingerprint density at radius 2 is 2.00 bits per heavy atom. The van der Waals surface area contributed by atoms with Gasteiger partial charge in [-0.1, -0.05) is 0 Å². The molecule has 1 amide bonds. The van der Waals surface area contributed by atoms with Crippen LogP contribution in [0, 0.1) is 0 Å². The van der Waals surface area contributed by atoms with Crippen molar-refractivity contribution in [3.8, 4) is 17.4 Å². The first-order valence-electron chi connectivity index (χ1n) is 8.57. The van der Waals surface area contributed by atoms with E-state index in [0.29, 0.717) is 24.6 Å². The largest absolute Gasteiger partial charge is 0.497 e.